The van der Waals surface area contributed by atoms with Crippen LogP contribution in [0, 0.1) is 0 Å². The number of likely N-dealkylation sites (N-methyl/N-ethyl adjacent to an activating group) is 1. The fourth-order valence-electron chi connectivity index (χ4n) is 1.63. The standard InChI is InChI=1S/C12H18N2O.CH4O4S/c1-9(2)14(3)11(12(13)15)10-7-5-4-6-8-10;1-5-6(2,3)4/h4-9,11H,1-3H3,(H2,13,15);1H3,(H,2,3,4). The van der Waals surface area contributed by atoms with Crippen LogP contribution in [0.2, 0.25) is 0 Å². The highest BCUT2D eigenvalue weighted by Crippen LogP contribution is 2.08. The molecule has 0 aliphatic rings. The van der Waals surface area contributed by atoms with Crippen LogP contribution in [0.4, 0.5) is 0 Å². The molecular weight excluding hydrogens is 296 g/mol. The monoisotopic (exact) mass is 318 g/mol. The quantitative estimate of drug-likeness (QED) is 0.546. The molecule has 3 N–H and O–H groups in total. The number of carbonyl (C=O) groups excluding carboxylic acids is 1. The molecule has 1 amide bonds. The molecule has 0 spiro atoms. The van der Waals surface area contributed by atoms with E-state index in [4.69, 9.17) is 5.73 Å². The molecule has 2 unspecified atom stereocenters. The van der Waals surface area contributed by atoms with E-state index in [9.17, 15) is 17.8 Å². The summed E-state index contributed by atoms with van der Waals surface area (Å²) in [4.78, 5) is 12.6. The predicted molar refractivity (Wildman–Crippen MR) is 77.1 cm³/mol. The van der Waals surface area contributed by atoms with Crippen molar-refractivity contribution in [2.75, 3.05) is 14.2 Å². The van der Waals surface area contributed by atoms with Gasteiger partial charge < -0.3 is 15.2 Å². The zero-order valence-corrected chi connectivity index (χ0v) is 13.4. The van der Waals surface area contributed by atoms with Gasteiger partial charge in [-0.15, -0.1) is 0 Å². The summed E-state index contributed by atoms with van der Waals surface area (Å²) in [5.41, 5.74) is 6.43. The number of nitrogens with one attached hydrogen (secondary N) is 1. The maximum absolute atomic E-state index is 11.4. The van der Waals surface area contributed by atoms with Crippen molar-refractivity contribution in [2.24, 2.45) is 5.73 Å². The van der Waals surface area contributed by atoms with Gasteiger partial charge in [0.05, 0.1) is 20.2 Å². The second kappa shape index (κ2) is 8.73. The van der Waals surface area contributed by atoms with Gasteiger partial charge in [-0.2, -0.15) is 0 Å². The third-order valence-corrected chi connectivity index (χ3v) is 3.40. The van der Waals surface area contributed by atoms with Crippen molar-refractivity contribution < 1.29 is 26.8 Å². The molecule has 1 rings (SSSR count). The lowest BCUT2D eigenvalue weighted by atomic mass is 10.0. The van der Waals surface area contributed by atoms with Gasteiger partial charge in [-0.3, -0.25) is 8.98 Å². The number of primary amides is 1. The Hall–Kier alpha value is -1.48. The second-order valence-electron chi connectivity index (χ2n) is 4.72. The zero-order valence-electron chi connectivity index (χ0n) is 12.6. The molecule has 0 aromatic heterocycles. The fraction of sp³-hybridized carbons (Fsp3) is 0.462. The maximum Gasteiger partial charge on any atom is 0.280 e. The summed E-state index contributed by atoms with van der Waals surface area (Å²) in [5.74, 6) is -0.271. The van der Waals surface area contributed by atoms with E-state index in [0.717, 1.165) is 17.6 Å². The van der Waals surface area contributed by atoms with Crippen LogP contribution in [-0.2, 0) is 19.4 Å². The number of quaternary nitrogens is 1. The smallest absolute Gasteiger partial charge is 0.280 e. The first-order chi connectivity index (χ1) is 9.60. The van der Waals surface area contributed by atoms with E-state index in [0.29, 0.717) is 6.04 Å². The molecule has 8 heteroatoms. The highest BCUT2D eigenvalue weighted by molar-refractivity contribution is 7.80. The minimum atomic E-state index is -4.41. The van der Waals surface area contributed by atoms with Crippen molar-refractivity contribution in [1.82, 2.24) is 0 Å². The average molecular weight is 318 g/mol. The largest absolute Gasteiger partial charge is 0.726 e. The van der Waals surface area contributed by atoms with Crippen molar-refractivity contribution in [1.29, 1.82) is 0 Å². The third-order valence-electron chi connectivity index (χ3n) is 2.99. The number of carbonyl (C=O) groups is 1. The topological polar surface area (TPSA) is 114 Å². The van der Waals surface area contributed by atoms with Gasteiger partial charge in [0.1, 0.15) is 0 Å². The van der Waals surface area contributed by atoms with Gasteiger partial charge in [0.2, 0.25) is 10.4 Å². The molecule has 120 valence electrons. The second-order valence-corrected chi connectivity index (χ2v) is 5.87. The van der Waals surface area contributed by atoms with Crippen LogP contribution in [0.5, 0.6) is 0 Å². The number of hydrogen-bond acceptors (Lipinski definition) is 5. The van der Waals surface area contributed by atoms with Crippen molar-refractivity contribution >= 4 is 16.3 Å². The van der Waals surface area contributed by atoms with E-state index in [1.807, 2.05) is 37.4 Å². The molecule has 7 nitrogen and oxygen atoms in total. The highest BCUT2D eigenvalue weighted by Gasteiger charge is 2.28. The van der Waals surface area contributed by atoms with Gasteiger partial charge in [-0.25, -0.2) is 8.42 Å². The zero-order chi connectivity index (χ0) is 16.6. The summed E-state index contributed by atoms with van der Waals surface area (Å²) in [7, 11) is -1.61. The van der Waals surface area contributed by atoms with E-state index in [1.54, 1.807) is 0 Å². The van der Waals surface area contributed by atoms with Crippen LogP contribution in [0.1, 0.15) is 25.5 Å². The van der Waals surface area contributed by atoms with Crippen LogP contribution in [0.15, 0.2) is 30.3 Å². The van der Waals surface area contributed by atoms with Crippen LogP contribution >= 0.6 is 0 Å². The van der Waals surface area contributed by atoms with E-state index >= 15 is 0 Å². The maximum atomic E-state index is 11.4. The van der Waals surface area contributed by atoms with Gasteiger partial charge in [0, 0.05) is 5.56 Å². The van der Waals surface area contributed by atoms with Crippen molar-refractivity contribution in [3.05, 3.63) is 35.9 Å². The number of benzene rings is 1. The Morgan fingerprint density at radius 3 is 2.00 bits per heavy atom. The Morgan fingerprint density at radius 2 is 1.71 bits per heavy atom. The minimum Gasteiger partial charge on any atom is -0.726 e. The molecule has 0 aliphatic heterocycles. The molecule has 0 fully saturated rings. The number of amides is 1. The SMILES string of the molecule is CC(C)[NH+](C)C(C(N)=O)c1ccccc1.COS(=O)(=O)[O-]. The third kappa shape index (κ3) is 7.76. The molecule has 1 aromatic carbocycles. The van der Waals surface area contributed by atoms with Gasteiger partial charge >= 0.3 is 0 Å². The van der Waals surface area contributed by atoms with Crippen LogP contribution in [0.25, 0.3) is 0 Å². The average Bonchev–Trinajstić information content (AvgIpc) is 2.39. The molecule has 0 radical (unpaired) electrons. The molecule has 0 heterocycles. The first-order valence-electron chi connectivity index (χ1n) is 6.29. The Labute approximate surface area is 125 Å². The van der Waals surface area contributed by atoms with E-state index < -0.39 is 10.4 Å². The Morgan fingerprint density at radius 1 is 1.29 bits per heavy atom. The van der Waals surface area contributed by atoms with Crippen molar-refractivity contribution in [2.45, 2.75) is 25.9 Å². The van der Waals surface area contributed by atoms with Crippen molar-refractivity contribution in [3.63, 3.8) is 0 Å². The molecule has 21 heavy (non-hydrogen) atoms. The van der Waals surface area contributed by atoms with E-state index in [-0.39, 0.29) is 11.9 Å². The van der Waals surface area contributed by atoms with Gasteiger partial charge in [0.25, 0.3) is 5.91 Å². The summed E-state index contributed by atoms with van der Waals surface area (Å²) in [6.45, 7) is 4.16. The van der Waals surface area contributed by atoms with Crippen LogP contribution < -0.4 is 10.6 Å². The predicted octanol–water partition coefficient (Wildman–Crippen LogP) is -0.771. The van der Waals surface area contributed by atoms with Crippen LogP contribution in [-0.4, -0.2) is 39.1 Å². The Kier molecular flexibility index (Phi) is 8.11. The summed E-state index contributed by atoms with van der Waals surface area (Å²) in [6, 6.07) is 9.79. The molecule has 0 saturated heterocycles. The van der Waals surface area contributed by atoms with E-state index in [1.165, 1.54) is 0 Å². The number of hydrogen-bond donors (Lipinski definition) is 2. The van der Waals surface area contributed by atoms with Gasteiger partial charge in [-0.05, 0) is 13.8 Å². The Balaban J connectivity index is 0.000000567. The number of nitrogens with two attached hydrogens (primary N) is 1. The van der Waals surface area contributed by atoms with Crippen LogP contribution in [0.3, 0.4) is 0 Å². The fourth-order valence-corrected chi connectivity index (χ4v) is 1.63. The molecule has 0 saturated carbocycles. The summed E-state index contributed by atoms with van der Waals surface area (Å²) < 4.78 is 31.0. The number of rotatable bonds is 5. The molecule has 0 bridgehead atoms. The first kappa shape index (κ1) is 19.5. The first-order valence-corrected chi connectivity index (χ1v) is 7.62. The summed E-state index contributed by atoms with van der Waals surface area (Å²) in [6.07, 6.45) is 0. The Bertz CT molecular complexity index is 531. The lowest BCUT2D eigenvalue weighted by Gasteiger charge is -2.26. The minimum absolute atomic E-state index is 0.258. The summed E-state index contributed by atoms with van der Waals surface area (Å²) in [5, 5.41) is 0. The molecular formula is C13H22N2O5S. The van der Waals surface area contributed by atoms with Gasteiger partial charge in [-0.1, -0.05) is 30.3 Å². The molecule has 0 aliphatic carbocycles. The molecule has 2 atom stereocenters. The van der Waals surface area contributed by atoms with Crippen molar-refractivity contribution in [3.8, 4) is 0 Å². The highest BCUT2D eigenvalue weighted by atomic mass is 32.3. The lowest BCUT2D eigenvalue weighted by Crippen LogP contribution is -3.13. The molecule has 1 aromatic rings. The summed E-state index contributed by atoms with van der Waals surface area (Å²) >= 11 is 0. The van der Waals surface area contributed by atoms with E-state index in [2.05, 4.69) is 18.0 Å². The van der Waals surface area contributed by atoms with Gasteiger partial charge in [0.15, 0.2) is 6.04 Å². The normalized spacial score (nSPS) is 14.0. The lowest BCUT2D eigenvalue weighted by molar-refractivity contribution is -0.923.